The van der Waals surface area contributed by atoms with E-state index >= 15 is 0 Å². The first-order valence-electron chi connectivity index (χ1n) is 33.9. The number of carbonyl (C=O) groups excluding carboxylic acids is 9. The summed E-state index contributed by atoms with van der Waals surface area (Å²) < 4.78 is 157. The molecule has 1 saturated heterocycles. The summed E-state index contributed by atoms with van der Waals surface area (Å²) in [6, 6.07) is 14.0. The van der Waals surface area contributed by atoms with Crippen LogP contribution >= 0.6 is 11.8 Å². The van der Waals surface area contributed by atoms with Gasteiger partial charge in [-0.05, 0) is 76.0 Å². The zero-order chi connectivity index (χ0) is 79.6. The smallest absolute Gasteiger partial charge is 0.267 e. The second-order valence-corrected chi connectivity index (χ2v) is 33.1. The van der Waals surface area contributed by atoms with Crippen LogP contribution in [0.25, 0.3) is 22.4 Å². The monoisotopic (exact) mass is 1610 g/mol. The molecule has 14 N–H and O–H groups in total. The highest BCUT2D eigenvalue weighted by Crippen LogP contribution is 2.30. The molecule has 1 unspecified atom stereocenters. The van der Waals surface area contributed by atoms with Gasteiger partial charge in [-0.3, -0.25) is 71.7 Å². The topological polar surface area (TPSA) is 564 Å². The third-order valence-corrected chi connectivity index (χ3v) is 19.7. The maximum absolute atomic E-state index is 13.6. The van der Waals surface area contributed by atoms with Gasteiger partial charge in [-0.1, -0.05) is 74.5 Å². The van der Waals surface area contributed by atoms with Crippen LogP contribution in [0, 0.1) is 10.8 Å². The Balaban J connectivity index is 1.11. The number of thioether (sulfide) groups is 1. The number of hydrogen-bond acceptors (Lipinski definition) is 25. The van der Waals surface area contributed by atoms with E-state index in [1.165, 1.54) is 13.8 Å². The predicted molar refractivity (Wildman–Crippen MR) is 390 cm³/mol. The second kappa shape index (κ2) is 44.6. The van der Waals surface area contributed by atoms with E-state index in [0.717, 1.165) is 46.5 Å². The number of benzene rings is 2. The van der Waals surface area contributed by atoms with Crippen LogP contribution in [0.2, 0.25) is 0 Å². The Morgan fingerprint density at radius 2 is 1.01 bits per heavy atom. The normalized spacial score (nSPS) is 14.7. The number of ether oxygens (including phenoxy) is 4. The fourth-order valence-corrected chi connectivity index (χ4v) is 13.5. The Labute approximate surface area is 625 Å². The van der Waals surface area contributed by atoms with E-state index in [2.05, 4.69) is 39.5 Å². The van der Waals surface area contributed by atoms with Crippen molar-refractivity contribution >= 4 is 111 Å². The molecule has 0 bridgehead atoms. The number of likely N-dealkylation sites (tertiary alicyclic amines) is 1. The molecule has 1 aliphatic heterocycles. The standard InChI is InChI=1S/C65H97N11O26S5/c1-64(2,23-12-14-30-102-56-36-46(44-17-7-5-8-18-44)35-47(72-56)45-19-9-6-10-20-45)63(66)69-24-13-11-21-53(77)67-25-15-28-99-31-33-101-34-32-100-29-16-26-68-58(81)48(39-104(87,88)89)73-60(83)50(41-106(93,94)95)75-61(84)51(42-107(96,97)98)74-59(82)49(40-105(90,91)92)71-55(79)38-103-52-37-57(80)76(62(52)85)27-22-54(78)70-43-65(3,4)86/h5-10,17-20,35-36,48-52,86H,11-16,21-34,37-43H2,1-4H3,(H2,66,69)(H,67,77)(H,68,81)(H,70,78)(H,71,79)(H,73,83)(H,74,82)(H,75,84)(H,87,88,89)(H,90,91,92)(H,93,94,95)(H,96,97,98)/t48-,49-,50-,51-,52?/m0/s1. The first kappa shape index (κ1) is 91.5. The van der Waals surface area contributed by atoms with Crippen LogP contribution in [0.4, 0.5) is 0 Å². The van der Waals surface area contributed by atoms with Crippen LogP contribution in [-0.4, -0.2) is 269 Å². The molecule has 4 rings (SSSR count). The molecule has 42 heteroatoms. The van der Waals surface area contributed by atoms with Crippen molar-refractivity contribution in [3.05, 3.63) is 72.8 Å². The molecule has 1 fully saturated rings. The Bertz CT molecular complexity index is 3890. The summed E-state index contributed by atoms with van der Waals surface area (Å²) in [7, 11) is -21.2. The molecule has 2 heterocycles. The second-order valence-electron chi connectivity index (χ2n) is 26.0. The number of aromatic nitrogens is 1. The molecule has 37 nitrogen and oxygen atoms in total. The van der Waals surface area contributed by atoms with Gasteiger partial charge < -0.3 is 66.6 Å². The van der Waals surface area contributed by atoms with Gasteiger partial charge in [-0.15, -0.1) is 11.8 Å². The van der Waals surface area contributed by atoms with Crippen LogP contribution in [0.15, 0.2) is 72.8 Å². The molecule has 0 aliphatic carbocycles. The maximum atomic E-state index is 13.6. The van der Waals surface area contributed by atoms with Gasteiger partial charge in [-0.25, -0.2) is 4.98 Å². The SMILES string of the molecule is CC(C)(O)CNC(=O)CCN1C(=O)CC(SCC(=O)N[C@@H](CS(=O)(=O)O)C(=O)N[C@@H](CS(=O)(=O)O)C(=O)N[C@@H](CS(=O)(=O)O)C(=O)N[C@@H](CS(=O)(=O)O)C(=O)NCCCOCCOCCOCCCNC(=O)CCCCNC(=N)C(C)(C)CCCCOc2cc(-c3ccccc3)cc(-c3ccccc3)n2)C1=O. The first-order valence-corrected chi connectivity index (χ1v) is 41.4. The van der Waals surface area contributed by atoms with Crippen molar-refractivity contribution in [1.29, 1.82) is 5.41 Å². The lowest BCUT2D eigenvalue weighted by molar-refractivity contribution is -0.139. The number of amidine groups is 1. The molecule has 5 atom stereocenters. The Hall–Kier alpha value is -7.88. The number of hydrogen-bond donors (Lipinski definition) is 14. The zero-order valence-electron chi connectivity index (χ0n) is 59.7. The predicted octanol–water partition coefficient (Wildman–Crippen LogP) is -0.581. The third-order valence-electron chi connectivity index (χ3n) is 15.5. The largest absolute Gasteiger partial charge is 0.478 e. The van der Waals surface area contributed by atoms with Gasteiger partial charge in [0.25, 0.3) is 40.5 Å². The Morgan fingerprint density at radius 1 is 0.542 bits per heavy atom. The fraction of sp³-hybridized carbons (Fsp3) is 0.585. The number of carbonyl (C=O) groups is 9. The zero-order valence-corrected chi connectivity index (χ0v) is 63.7. The Kier molecular flexibility index (Phi) is 38.1. The number of amides is 9. The van der Waals surface area contributed by atoms with Gasteiger partial charge in [0.15, 0.2) is 0 Å². The number of rotatable bonds is 52. The number of aliphatic hydroxyl groups is 1. The number of imide groups is 1. The summed E-state index contributed by atoms with van der Waals surface area (Å²) in [5.74, 6) is -17.2. The van der Waals surface area contributed by atoms with Gasteiger partial charge in [-0.2, -0.15) is 33.7 Å². The lowest BCUT2D eigenvalue weighted by Gasteiger charge is -2.26. The third kappa shape index (κ3) is 38.7. The van der Waals surface area contributed by atoms with Gasteiger partial charge in [0.05, 0.1) is 61.2 Å². The van der Waals surface area contributed by atoms with E-state index in [0.29, 0.717) is 75.5 Å². The van der Waals surface area contributed by atoms with E-state index in [9.17, 15) is 100 Å². The molecular weight excluding hydrogens is 1510 g/mol. The van der Waals surface area contributed by atoms with Crippen LogP contribution in [0.3, 0.4) is 0 Å². The lowest BCUT2D eigenvalue weighted by Crippen LogP contribution is -2.61. The molecule has 3 aromatic rings. The molecule has 0 saturated carbocycles. The molecule has 9 amide bonds. The maximum Gasteiger partial charge on any atom is 0.267 e. The highest BCUT2D eigenvalue weighted by atomic mass is 32.2. The van der Waals surface area contributed by atoms with E-state index in [1.807, 2.05) is 73.8 Å². The molecule has 0 spiro atoms. The molecule has 107 heavy (non-hydrogen) atoms. The summed E-state index contributed by atoms with van der Waals surface area (Å²) in [5.41, 5.74) is 2.26. The number of unbranched alkanes of at least 4 members (excludes halogenated alkanes) is 2. The van der Waals surface area contributed by atoms with Gasteiger partial charge in [0.2, 0.25) is 59.0 Å². The van der Waals surface area contributed by atoms with Crippen molar-refractivity contribution in [2.45, 2.75) is 127 Å². The molecular formula is C65H97N11O26S5. The highest BCUT2D eigenvalue weighted by Gasteiger charge is 2.41. The summed E-state index contributed by atoms with van der Waals surface area (Å²) in [6.45, 7) is 8.48. The molecule has 1 aliphatic rings. The average molecular weight is 1610 g/mol. The average Bonchev–Trinajstić information content (AvgIpc) is 1.11. The van der Waals surface area contributed by atoms with Crippen LogP contribution in [-0.2, 0) is 97.8 Å². The van der Waals surface area contributed by atoms with E-state index in [1.54, 1.807) is 16.0 Å². The van der Waals surface area contributed by atoms with Gasteiger partial charge >= 0.3 is 0 Å². The number of nitrogens with zero attached hydrogens (tertiary/aromatic N) is 2. The fourth-order valence-electron chi connectivity index (χ4n) is 9.95. The van der Waals surface area contributed by atoms with Crippen molar-refractivity contribution in [3.63, 3.8) is 0 Å². The quantitative estimate of drug-likeness (QED) is 0.0111. The van der Waals surface area contributed by atoms with Crippen LogP contribution in [0.1, 0.15) is 91.9 Å². The van der Waals surface area contributed by atoms with Crippen LogP contribution in [0.5, 0.6) is 5.88 Å². The minimum atomic E-state index is -5.41. The van der Waals surface area contributed by atoms with Gasteiger partial charge in [0, 0.05) is 82.2 Å². The molecule has 2 aromatic carbocycles. The minimum absolute atomic E-state index is 0.0175. The van der Waals surface area contributed by atoms with Crippen molar-refractivity contribution < 1.29 is 119 Å². The summed E-state index contributed by atoms with van der Waals surface area (Å²) >= 11 is 0.510. The molecule has 0 radical (unpaired) electrons. The van der Waals surface area contributed by atoms with Crippen molar-refractivity contribution in [3.8, 4) is 28.3 Å². The van der Waals surface area contributed by atoms with Crippen molar-refractivity contribution in [2.75, 3.05) is 108 Å². The molecule has 598 valence electrons. The summed E-state index contributed by atoms with van der Waals surface area (Å²) in [6.07, 6.45) is 3.83. The lowest BCUT2D eigenvalue weighted by atomic mass is 9.85. The summed E-state index contributed by atoms with van der Waals surface area (Å²) in [4.78, 5) is 122. The first-order chi connectivity index (χ1) is 50.1. The van der Waals surface area contributed by atoms with Crippen molar-refractivity contribution in [1.82, 2.24) is 52.4 Å². The number of nitrogens with one attached hydrogen (secondary N) is 9. The van der Waals surface area contributed by atoms with E-state index in [4.69, 9.17) is 29.3 Å². The molecule has 1 aromatic heterocycles. The summed E-state index contributed by atoms with van der Waals surface area (Å²) in [5, 5.41) is 34.9. The number of pyridine rings is 1. The van der Waals surface area contributed by atoms with E-state index in [-0.39, 0.29) is 76.8 Å². The highest BCUT2D eigenvalue weighted by molar-refractivity contribution is 8.01. The van der Waals surface area contributed by atoms with E-state index < -0.39 is 158 Å². The van der Waals surface area contributed by atoms with Gasteiger partial charge in [0.1, 0.15) is 47.2 Å². The van der Waals surface area contributed by atoms with Crippen molar-refractivity contribution in [2.24, 2.45) is 5.41 Å². The Morgan fingerprint density at radius 3 is 1.52 bits per heavy atom. The van der Waals surface area contributed by atoms with Crippen LogP contribution < -0.4 is 47.3 Å². The minimum Gasteiger partial charge on any atom is -0.478 e.